The van der Waals surface area contributed by atoms with Gasteiger partial charge in [-0.3, -0.25) is 4.79 Å². The molecule has 0 heterocycles. The quantitative estimate of drug-likeness (QED) is 0.901. The molecule has 0 aliphatic carbocycles. The number of carbonyl (C=O) groups is 1. The van der Waals surface area contributed by atoms with Crippen molar-refractivity contribution in [2.75, 3.05) is 7.11 Å². The number of benzene rings is 2. The number of carboxylic acids is 1. The molecule has 0 aliphatic rings. The molecular formula is C17H17FO3. The molecule has 0 fully saturated rings. The van der Waals surface area contributed by atoms with Crippen molar-refractivity contribution in [1.29, 1.82) is 0 Å². The van der Waals surface area contributed by atoms with Gasteiger partial charge in [-0.25, -0.2) is 4.39 Å². The van der Waals surface area contributed by atoms with Gasteiger partial charge in [0.2, 0.25) is 0 Å². The van der Waals surface area contributed by atoms with E-state index in [0.29, 0.717) is 11.3 Å². The van der Waals surface area contributed by atoms with Gasteiger partial charge in [-0.05, 0) is 41.3 Å². The summed E-state index contributed by atoms with van der Waals surface area (Å²) < 4.78 is 19.1. The third kappa shape index (κ3) is 3.60. The Morgan fingerprint density at radius 2 is 1.90 bits per heavy atom. The standard InChI is InChI=1S/C17H17FO3/c1-11(9-17(19)20)13-5-8-16(18)15(10-13)12-3-6-14(21-2)7-4-12/h3-8,10-11H,9H2,1-2H3,(H,19,20). The van der Waals surface area contributed by atoms with Crippen LogP contribution >= 0.6 is 0 Å². The number of carboxylic acid groups (broad SMARTS) is 1. The minimum atomic E-state index is -0.863. The Labute approximate surface area is 123 Å². The topological polar surface area (TPSA) is 46.5 Å². The summed E-state index contributed by atoms with van der Waals surface area (Å²) in [6, 6.07) is 11.8. The van der Waals surface area contributed by atoms with Gasteiger partial charge in [-0.2, -0.15) is 0 Å². The van der Waals surface area contributed by atoms with Crippen LogP contribution in [0.15, 0.2) is 42.5 Å². The fraction of sp³-hybridized carbons (Fsp3) is 0.235. The molecule has 1 unspecified atom stereocenters. The van der Waals surface area contributed by atoms with E-state index in [1.807, 2.05) is 6.92 Å². The summed E-state index contributed by atoms with van der Waals surface area (Å²) in [5.74, 6) is -0.654. The summed E-state index contributed by atoms with van der Waals surface area (Å²) in [5, 5.41) is 8.86. The normalized spacial score (nSPS) is 12.0. The molecule has 2 aromatic carbocycles. The molecule has 1 N–H and O–H groups in total. The molecule has 0 aromatic heterocycles. The minimum absolute atomic E-state index is 0.0215. The van der Waals surface area contributed by atoms with Gasteiger partial charge in [-0.1, -0.05) is 25.1 Å². The third-order valence-corrected chi connectivity index (χ3v) is 3.44. The molecule has 0 saturated carbocycles. The van der Waals surface area contributed by atoms with Crippen molar-refractivity contribution < 1.29 is 19.0 Å². The molecule has 4 heteroatoms. The van der Waals surface area contributed by atoms with Crippen LogP contribution in [0.25, 0.3) is 11.1 Å². The molecule has 2 aromatic rings. The lowest BCUT2D eigenvalue weighted by Gasteiger charge is -2.12. The molecule has 0 amide bonds. The summed E-state index contributed by atoms with van der Waals surface area (Å²) in [7, 11) is 1.57. The van der Waals surface area contributed by atoms with Crippen LogP contribution in [0.5, 0.6) is 5.75 Å². The van der Waals surface area contributed by atoms with E-state index in [0.717, 1.165) is 11.1 Å². The summed E-state index contributed by atoms with van der Waals surface area (Å²) >= 11 is 0. The molecule has 0 saturated heterocycles. The molecule has 0 aliphatic heterocycles. The maximum atomic E-state index is 14.0. The predicted molar refractivity (Wildman–Crippen MR) is 79.1 cm³/mol. The second-order valence-corrected chi connectivity index (χ2v) is 4.97. The first kappa shape index (κ1) is 15.0. The van der Waals surface area contributed by atoms with Crippen LogP contribution in [0.4, 0.5) is 4.39 Å². The van der Waals surface area contributed by atoms with Crippen LogP contribution in [-0.2, 0) is 4.79 Å². The van der Waals surface area contributed by atoms with Crippen molar-refractivity contribution in [3.63, 3.8) is 0 Å². The van der Waals surface area contributed by atoms with Crippen molar-refractivity contribution in [1.82, 2.24) is 0 Å². The van der Waals surface area contributed by atoms with Gasteiger partial charge in [0.25, 0.3) is 0 Å². The predicted octanol–water partition coefficient (Wildman–Crippen LogP) is 4.08. The van der Waals surface area contributed by atoms with Crippen LogP contribution in [0.2, 0.25) is 0 Å². The summed E-state index contributed by atoms with van der Waals surface area (Å²) in [5.41, 5.74) is 2.01. The Morgan fingerprint density at radius 3 is 2.48 bits per heavy atom. The van der Waals surface area contributed by atoms with Crippen molar-refractivity contribution in [3.8, 4) is 16.9 Å². The second-order valence-electron chi connectivity index (χ2n) is 4.97. The first-order valence-corrected chi connectivity index (χ1v) is 6.67. The molecule has 3 nitrogen and oxygen atoms in total. The number of methoxy groups -OCH3 is 1. The largest absolute Gasteiger partial charge is 0.497 e. The fourth-order valence-electron chi connectivity index (χ4n) is 2.22. The Morgan fingerprint density at radius 1 is 1.24 bits per heavy atom. The van der Waals surface area contributed by atoms with Gasteiger partial charge in [0, 0.05) is 5.56 Å². The van der Waals surface area contributed by atoms with Crippen LogP contribution in [0.1, 0.15) is 24.8 Å². The van der Waals surface area contributed by atoms with E-state index in [1.54, 1.807) is 43.5 Å². The van der Waals surface area contributed by atoms with Gasteiger partial charge in [-0.15, -0.1) is 0 Å². The van der Waals surface area contributed by atoms with Crippen molar-refractivity contribution in [2.45, 2.75) is 19.3 Å². The Hall–Kier alpha value is -2.36. The third-order valence-electron chi connectivity index (χ3n) is 3.44. The molecule has 0 radical (unpaired) electrons. The Bertz CT molecular complexity index is 635. The van der Waals surface area contributed by atoms with E-state index in [4.69, 9.17) is 9.84 Å². The lowest BCUT2D eigenvalue weighted by molar-refractivity contribution is -0.137. The van der Waals surface area contributed by atoms with Gasteiger partial charge >= 0.3 is 5.97 Å². The monoisotopic (exact) mass is 288 g/mol. The number of ether oxygens (including phenoxy) is 1. The van der Waals surface area contributed by atoms with E-state index in [2.05, 4.69) is 0 Å². The van der Waals surface area contributed by atoms with E-state index in [-0.39, 0.29) is 18.2 Å². The van der Waals surface area contributed by atoms with Crippen LogP contribution in [0.3, 0.4) is 0 Å². The molecule has 110 valence electrons. The Kier molecular flexibility index (Phi) is 4.58. The zero-order valence-corrected chi connectivity index (χ0v) is 12.0. The van der Waals surface area contributed by atoms with E-state index in [1.165, 1.54) is 6.07 Å². The van der Waals surface area contributed by atoms with E-state index >= 15 is 0 Å². The van der Waals surface area contributed by atoms with Crippen molar-refractivity contribution in [3.05, 3.63) is 53.8 Å². The molecule has 0 spiro atoms. The zero-order valence-electron chi connectivity index (χ0n) is 12.0. The van der Waals surface area contributed by atoms with Gasteiger partial charge < -0.3 is 9.84 Å². The minimum Gasteiger partial charge on any atom is -0.497 e. The first-order chi connectivity index (χ1) is 10.0. The van der Waals surface area contributed by atoms with Gasteiger partial charge in [0.05, 0.1) is 13.5 Å². The van der Waals surface area contributed by atoms with Crippen LogP contribution < -0.4 is 4.74 Å². The maximum Gasteiger partial charge on any atom is 0.303 e. The smallest absolute Gasteiger partial charge is 0.303 e. The highest BCUT2D eigenvalue weighted by Gasteiger charge is 2.13. The van der Waals surface area contributed by atoms with Crippen LogP contribution in [-0.4, -0.2) is 18.2 Å². The van der Waals surface area contributed by atoms with Crippen molar-refractivity contribution >= 4 is 5.97 Å². The van der Waals surface area contributed by atoms with E-state index < -0.39 is 5.97 Å². The molecule has 21 heavy (non-hydrogen) atoms. The lowest BCUT2D eigenvalue weighted by atomic mass is 9.94. The molecule has 1 atom stereocenters. The number of rotatable bonds is 5. The first-order valence-electron chi connectivity index (χ1n) is 6.67. The summed E-state index contributed by atoms with van der Waals surface area (Å²) in [4.78, 5) is 10.8. The molecule has 0 bridgehead atoms. The van der Waals surface area contributed by atoms with Gasteiger partial charge in [0.1, 0.15) is 11.6 Å². The number of hydrogen-bond donors (Lipinski definition) is 1. The van der Waals surface area contributed by atoms with Crippen LogP contribution in [0, 0.1) is 5.82 Å². The number of halogens is 1. The summed E-state index contributed by atoms with van der Waals surface area (Å²) in [6.45, 7) is 1.82. The highest BCUT2D eigenvalue weighted by atomic mass is 19.1. The second kappa shape index (κ2) is 6.39. The highest BCUT2D eigenvalue weighted by molar-refractivity contribution is 5.69. The summed E-state index contributed by atoms with van der Waals surface area (Å²) in [6.07, 6.45) is 0.0215. The highest BCUT2D eigenvalue weighted by Crippen LogP contribution is 2.29. The van der Waals surface area contributed by atoms with Gasteiger partial charge in [0.15, 0.2) is 0 Å². The number of hydrogen-bond acceptors (Lipinski definition) is 2. The van der Waals surface area contributed by atoms with E-state index in [9.17, 15) is 9.18 Å². The number of aliphatic carboxylic acids is 1. The lowest BCUT2D eigenvalue weighted by Crippen LogP contribution is -2.03. The van der Waals surface area contributed by atoms with Crippen molar-refractivity contribution in [2.24, 2.45) is 0 Å². The maximum absolute atomic E-state index is 14.0. The molecule has 2 rings (SSSR count). The average Bonchev–Trinajstić information content (AvgIpc) is 2.47. The average molecular weight is 288 g/mol. The Balaban J connectivity index is 2.36. The SMILES string of the molecule is COc1ccc(-c2cc(C(C)CC(=O)O)ccc2F)cc1. The zero-order chi connectivity index (χ0) is 15.4. The fourth-order valence-corrected chi connectivity index (χ4v) is 2.22. The molecular weight excluding hydrogens is 271 g/mol.